The highest BCUT2D eigenvalue weighted by Crippen LogP contribution is 2.22. The van der Waals surface area contributed by atoms with Gasteiger partial charge < -0.3 is 24.4 Å². The smallest absolute Gasteiger partial charge is 0.338 e. The Balaban J connectivity index is 1.90. The molecule has 0 aliphatic rings. The number of rotatable bonds is 25. The normalized spacial score (nSPS) is 12.4. The van der Waals surface area contributed by atoms with Crippen molar-refractivity contribution in [3.63, 3.8) is 0 Å². The van der Waals surface area contributed by atoms with E-state index in [2.05, 4.69) is 6.92 Å². The maximum atomic E-state index is 13.2. The summed E-state index contributed by atoms with van der Waals surface area (Å²) in [5, 5.41) is 9.86. The zero-order chi connectivity index (χ0) is 33.6. The third kappa shape index (κ3) is 15.5. The summed E-state index contributed by atoms with van der Waals surface area (Å²) in [7, 11) is 7.77. The van der Waals surface area contributed by atoms with E-state index in [9.17, 15) is 14.7 Å². The molecule has 0 aromatic heterocycles. The highest BCUT2D eigenvalue weighted by molar-refractivity contribution is 5.91. The van der Waals surface area contributed by atoms with Crippen LogP contribution in [0.5, 0.6) is 0 Å². The number of unbranched alkanes of at least 4 members (excludes halogenated alkanes) is 14. The number of hydrogen-bond acceptors (Lipinski definition) is 7. The number of ether oxygens (including phenoxy) is 2. The first kappa shape index (κ1) is 39.1. The summed E-state index contributed by atoms with van der Waals surface area (Å²) in [6.45, 7) is 2.09. The van der Waals surface area contributed by atoms with E-state index in [-0.39, 0.29) is 13.0 Å². The molecular weight excluding hydrogens is 576 g/mol. The Morgan fingerprint density at radius 1 is 0.543 bits per heavy atom. The zero-order valence-corrected chi connectivity index (χ0v) is 29.5. The lowest BCUT2D eigenvalue weighted by atomic mass is 10.0. The first-order valence-electron chi connectivity index (χ1n) is 17.8. The molecule has 0 saturated carbocycles. The minimum absolute atomic E-state index is 0.179. The number of carbonyl (C=O) groups is 2. The summed E-state index contributed by atoms with van der Waals surface area (Å²) in [6, 6.07) is 14.4. The fourth-order valence-electron chi connectivity index (χ4n) is 5.69. The third-order valence-corrected chi connectivity index (χ3v) is 8.68. The predicted octanol–water partition coefficient (Wildman–Crippen LogP) is 9.21. The lowest BCUT2D eigenvalue weighted by molar-refractivity contribution is -0.0457. The van der Waals surface area contributed by atoms with Crippen LogP contribution in [0.3, 0.4) is 0 Å². The average molecular weight is 639 g/mol. The number of esters is 2. The quantitative estimate of drug-likeness (QED) is 0.0858. The highest BCUT2D eigenvalue weighted by Gasteiger charge is 2.29. The first-order valence-corrected chi connectivity index (χ1v) is 17.8. The van der Waals surface area contributed by atoms with Crippen molar-refractivity contribution in [1.29, 1.82) is 0 Å². The molecule has 46 heavy (non-hydrogen) atoms. The van der Waals surface area contributed by atoms with Crippen molar-refractivity contribution < 1.29 is 24.2 Å². The van der Waals surface area contributed by atoms with Crippen LogP contribution in [0.2, 0.25) is 0 Å². The fourth-order valence-corrected chi connectivity index (χ4v) is 5.69. The predicted molar refractivity (Wildman–Crippen MR) is 191 cm³/mol. The zero-order valence-electron chi connectivity index (χ0n) is 29.5. The van der Waals surface area contributed by atoms with Crippen molar-refractivity contribution in [3.8, 4) is 0 Å². The van der Waals surface area contributed by atoms with Crippen LogP contribution in [-0.4, -0.2) is 64.1 Å². The van der Waals surface area contributed by atoms with Gasteiger partial charge in [0.2, 0.25) is 0 Å². The van der Waals surface area contributed by atoms with Crippen molar-refractivity contribution in [2.45, 2.75) is 128 Å². The molecule has 0 heterocycles. The summed E-state index contributed by atoms with van der Waals surface area (Å²) in [4.78, 5) is 30.3. The molecule has 0 saturated heterocycles. The van der Waals surface area contributed by atoms with E-state index in [0.29, 0.717) is 17.5 Å². The van der Waals surface area contributed by atoms with Crippen molar-refractivity contribution in [2.24, 2.45) is 0 Å². The molecule has 0 amide bonds. The molecule has 2 aromatic carbocycles. The van der Waals surface area contributed by atoms with Gasteiger partial charge in [-0.2, -0.15) is 0 Å². The van der Waals surface area contributed by atoms with E-state index in [1.165, 1.54) is 77.0 Å². The van der Waals surface area contributed by atoms with Gasteiger partial charge in [-0.1, -0.05) is 96.8 Å². The maximum absolute atomic E-state index is 13.2. The van der Waals surface area contributed by atoms with Gasteiger partial charge in [-0.25, -0.2) is 9.59 Å². The van der Waals surface area contributed by atoms with Crippen molar-refractivity contribution in [1.82, 2.24) is 0 Å². The van der Waals surface area contributed by atoms with Crippen molar-refractivity contribution >= 4 is 23.3 Å². The number of benzene rings is 2. The Kier molecular flexibility index (Phi) is 19.8. The number of nitrogens with zero attached hydrogens (tertiary/aromatic N) is 2. The Bertz CT molecular complexity index is 1080. The van der Waals surface area contributed by atoms with Crippen LogP contribution < -0.4 is 9.80 Å². The largest absolute Gasteiger partial charge is 0.455 e. The van der Waals surface area contributed by atoms with E-state index >= 15 is 0 Å². The molecule has 7 nitrogen and oxygen atoms in total. The number of anilines is 2. The lowest BCUT2D eigenvalue weighted by Gasteiger charge is -2.27. The molecule has 0 fully saturated rings. The molecule has 2 atom stereocenters. The van der Waals surface area contributed by atoms with Crippen LogP contribution in [0.15, 0.2) is 48.5 Å². The summed E-state index contributed by atoms with van der Waals surface area (Å²) in [5.74, 6) is -0.942. The topological polar surface area (TPSA) is 79.3 Å². The van der Waals surface area contributed by atoms with E-state index in [1.807, 2.05) is 62.3 Å². The van der Waals surface area contributed by atoms with Gasteiger partial charge in [0.25, 0.3) is 0 Å². The summed E-state index contributed by atoms with van der Waals surface area (Å²) >= 11 is 0. The van der Waals surface area contributed by atoms with Crippen LogP contribution in [0, 0.1) is 0 Å². The van der Waals surface area contributed by atoms with Gasteiger partial charge in [0.15, 0.2) is 0 Å². The van der Waals surface area contributed by atoms with Crippen LogP contribution in [-0.2, 0) is 9.47 Å². The summed E-state index contributed by atoms with van der Waals surface area (Å²) < 4.78 is 11.9. The molecule has 0 aliphatic heterocycles. The molecule has 0 aliphatic carbocycles. The second kappa shape index (κ2) is 23.3. The van der Waals surface area contributed by atoms with Gasteiger partial charge >= 0.3 is 11.9 Å². The van der Waals surface area contributed by atoms with Crippen molar-refractivity contribution in [2.75, 3.05) is 44.6 Å². The van der Waals surface area contributed by atoms with E-state index in [0.717, 1.165) is 30.6 Å². The van der Waals surface area contributed by atoms with E-state index in [4.69, 9.17) is 9.47 Å². The Morgan fingerprint density at radius 2 is 0.870 bits per heavy atom. The van der Waals surface area contributed by atoms with E-state index < -0.39 is 24.1 Å². The molecular formula is C39H62N2O5. The molecule has 0 spiro atoms. The van der Waals surface area contributed by atoms with Crippen molar-refractivity contribution in [3.05, 3.63) is 59.7 Å². The number of aliphatic hydroxyl groups excluding tert-OH is 1. The Morgan fingerprint density at radius 3 is 1.20 bits per heavy atom. The van der Waals surface area contributed by atoms with Gasteiger partial charge in [-0.15, -0.1) is 0 Å². The monoisotopic (exact) mass is 638 g/mol. The first-order chi connectivity index (χ1) is 22.3. The molecule has 0 radical (unpaired) electrons. The minimum Gasteiger partial charge on any atom is -0.455 e. The number of hydrogen-bond donors (Lipinski definition) is 1. The van der Waals surface area contributed by atoms with Crippen LogP contribution in [0.4, 0.5) is 11.4 Å². The second-order valence-electron chi connectivity index (χ2n) is 13.0. The van der Waals surface area contributed by atoms with E-state index in [1.54, 1.807) is 24.3 Å². The summed E-state index contributed by atoms with van der Waals surface area (Å²) in [6.07, 6.45) is 18.4. The SMILES string of the molecule is CCCCCCCCCCCCCCCCC[C@H](OC(=O)c1ccc(N(C)C)cc1)[C@H](CCO)OC(=O)c1ccc(N(C)C)cc1. The van der Waals surface area contributed by atoms with Crippen LogP contribution in [0.1, 0.15) is 137 Å². The molecule has 0 unspecified atom stereocenters. The maximum Gasteiger partial charge on any atom is 0.338 e. The second-order valence-corrected chi connectivity index (χ2v) is 13.0. The Labute approximate surface area is 279 Å². The highest BCUT2D eigenvalue weighted by atomic mass is 16.6. The van der Waals surface area contributed by atoms with Gasteiger partial charge in [0.1, 0.15) is 12.2 Å². The fraction of sp³-hybridized carbons (Fsp3) is 0.641. The standard InChI is InChI=1S/C39H62N2O5/c1-6-7-8-9-10-11-12-13-14-15-16-17-18-19-20-21-36(45-38(43)32-22-26-34(27-23-32)40(2)3)37(30-31-42)46-39(44)33-24-28-35(29-25-33)41(4)5/h22-29,36-37,42H,6-21,30-31H2,1-5H3/t36-,37-/m0/s1. The van der Waals surface area contributed by atoms with Crippen LogP contribution in [0.25, 0.3) is 0 Å². The molecule has 258 valence electrons. The molecule has 7 heteroatoms. The van der Waals surface area contributed by atoms with Crippen LogP contribution >= 0.6 is 0 Å². The molecule has 2 aromatic rings. The van der Waals surface area contributed by atoms with Gasteiger partial charge in [0.05, 0.1) is 11.1 Å². The number of carbonyl (C=O) groups excluding carboxylic acids is 2. The lowest BCUT2D eigenvalue weighted by Crippen LogP contribution is -2.36. The van der Waals surface area contributed by atoms with Gasteiger partial charge in [0, 0.05) is 52.6 Å². The molecule has 0 bridgehead atoms. The minimum atomic E-state index is -0.748. The van der Waals surface area contributed by atoms with Gasteiger partial charge in [-0.3, -0.25) is 0 Å². The number of aliphatic hydroxyl groups is 1. The van der Waals surface area contributed by atoms with Gasteiger partial charge in [-0.05, 0) is 61.4 Å². The third-order valence-electron chi connectivity index (χ3n) is 8.68. The molecule has 1 N–H and O–H groups in total. The average Bonchev–Trinajstić information content (AvgIpc) is 3.05. The summed E-state index contributed by atoms with van der Waals surface area (Å²) in [5.41, 5.74) is 2.83. The Hall–Kier alpha value is -3.06. The molecule has 2 rings (SSSR count).